The first-order chi connectivity index (χ1) is 13.4. The maximum Gasteiger partial charge on any atom is 0.226 e. The van der Waals surface area contributed by atoms with Gasteiger partial charge in [-0.1, -0.05) is 55.8 Å². The number of hydrogen-bond donors (Lipinski definition) is 0. The highest BCUT2D eigenvalue weighted by Gasteiger charge is 2.61. The summed E-state index contributed by atoms with van der Waals surface area (Å²) in [5.41, 5.74) is 3.57. The van der Waals surface area contributed by atoms with Gasteiger partial charge >= 0.3 is 0 Å². The zero-order valence-electron chi connectivity index (χ0n) is 17.2. The second-order valence-corrected chi connectivity index (χ2v) is 9.60. The fourth-order valence-corrected chi connectivity index (χ4v) is 5.17. The number of rotatable bonds is 4. The van der Waals surface area contributed by atoms with Gasteiger partial charge in [0.15, 0.2) is 5.13 Å². The van der Waals surface area contributed by atoms with Crippen molar-refractivity contribution in [2.45, 2.75) is 27.7 Å². The number of piperazine rings is 1. The average molecular weight is 396 g/mol. The van der Waals surface area contributed by atoms with Gasteiger partial charge < -0.3 is 9.80 Å². The number of benzene rings is 1. The summed E-state index contributed by atoms with van der Waals surface area (Å²) in [5.74, 6) is 0.852. The third kappa shape index (κ3) is 3.60. The standard InChI is InChI=1S/C23H29N3OS/c1-16(2)14-18-20(23(18,3)4)21(27)25-10-12-26(13-11-25)22-24-19(15-28-22)17-8-6-5-7-9-17/h5-9,14-15,18,20H,10-13H2,1-4H3/t18-,20-/m0/s1. The number of thiazole rings is 1. The molecule has 0 spiro atoms. The zero-order chi connectivity index (χ0) is 19.9. The summed E-state index contributed by atoms with van der Waals surface area (Å²) in [6.45, 7) is 12.0. The van der Waals surface area contributed by atoms with Crippen molar-refractivity contribution in [3.63, 3.8) is 0 Å². The molecule has 2 fully saturated rings. The van der Waals surface area contributed by atoms with Crippen molar-refractivity contribution in [2.75, 3.05) is 31.1 Å². The second kappa shape index (κ2) is 7.36. The van der Waals surface area contributed by atoms with E-state index >= 15 is 0 Å². The molecule has 1 aliphatic carbocycles. The van der Waals surface area contributed by atoms with Crippen LogP contribution < -0.4 is 4.90 Å². The van der Waals surface area contributed by atoms with Crippen LogP contribution in [-0.2, 0) is 4.79 Å². The first-order valence-electron chi connectivity index (χ1n) is 10.1. The van der Waals surface area contributed by atoms with Crippen LogP contribution in [0.2, 0.25) is 0 Å². The molecule has 1 aromatic heterocycles. The maximum atomic E-state index is 13.1. The Morgan fingerprint density at radius 2 is 1.82 bits per heavy atom. The lowest BCUT2D eigenvalue weighted by molar-refractivity contribution is -0.133. The summed E-state index contributed by atoms with van der Waals surface area (Å²) in [5, 5.41) is 3.18. The van der Waals surface area contributed by atoms with E-state index < -0.39 is 0 Å². The van der Waals surface area contributed by atoms with Crippen LogP contribution in [0.15, 0.2) is 47.4 Å². The number of carbonyl (C=O) groups excluding carboxylic acids is 1. The van der Waals surface area contributed by atoms with Crippen molar-refractivity contribution in [2.24, 2.45) is 17.3 Å². The first-order valence-corrected chi connectivity index (χ1v) is 11.0. The summed E-state index contributed by atoms with van der Waals surface area (Å²) in [6.07, 6.45) is 2.28. The largest absolute Gasteiger partial charge is 0.345 e. The van der Waals surface area contributed by atoms with E-state index in [1.807, 2.05) is 18.2 Å². The summed E-state index contributed by atoms with van der Waals surface area (Å²) in [4.78, 5) is 22.3. The van der Waals surface area contributed by atoms with Crippen LogP contribution in [0.5, 0.6) is 0 Å². The van der Waals surface area contributed by atoms with E-state index in [0.717, 1.165) is 42.6 Å². The van der Waals surface area contributed by atoms with Crippen molar-refractivity contribution in [1.29, 1.82) is 0 Å². The molecule has 1 aromatic carbocycles. The third-order valence-corrected chi connectivity index (χ3v) is 7.01. The lowest BCUT2D eigenvalue weighted by atomic mass is 10.1. The SMILES string of the molecule is CC(C)=C[C@H]1[C@@H](C(=O)N2CCN(c3nc(-c4ccccc4)cs3)CC2)C1(C)C. The van der Waals surface area contributed by atoms with Crippen LogP contribution in [-0.4, -0.2) is 42.0 Å². The molecule has 4 rings (SSSR count). The van der Waals surface area contributed by atoms with Gasteiger partial charge in [0.05, 0.1) is 11.6 Å². The summed E-state index contributed by atoms with van der Waals surface area (Å²) >= 11 is 1.69. The van der Waals surface area contributed by atoms with Crippen LogP contribution in [0.4, 0.5) is 5.13 Å². The van der Waals surface area contributed by atoms with E-state index in [2.05, 4.69) is 61.1 Å². The average Bonchev–Trinajstić information content (AvgIpc) is 3.03. The van der Waals surface area contributed by atoms with Crippen LogP contribution in [0.1, 0.15) is 27.7 Å². The minimum absolute atomic E-state index is 0.0887. The molecule has 1 saturated heterocycles. The van der Waals surface area contributed by atoms with Crippen molar-refractivity contribution >= 4 is 22.4 Å². The Labute approximate surface area is 171 Å². The molecular formula is C23H29N3OS. The molecule has 2 aliphatic rings. The van der Waals surface area contributed by atoms with Crippen molar-refractivity contribution in [3.05, 3.63) is 47.4 Å². The van der Waals surface area contributed by atoms with Crippen LogP contribution in [0.25, 0.3) is 11.3 Å². The molecule has 1 amide bonds. The molecule has 1 aliphatic heterocycles. The molecule has 148 valence electrons. The Hall–Kier alpha value is -2.14. The molecule has 1 saturated carbocycles. The number of nitrogens with zero attached hydrogens (tertiary/aromatic N) is 3. The molecule has 5 heteroatoms. The second-order valence-electron chi connectivity index (χ2n) is 8.76. The number of anilines is 1. The molecule has 2 heterocycles. The Morgan fingerprint density at radius 3 is 2.46 bits per heavy atom. The molecule has 0 bridgehead atoms. The highest BCUT2D eigenvalue weighted by Crippen LogP contribution is 2.60. The van der Waals surface area contributed by atoms with Crippen LogP contribution >= 0.6 is 11.3 Å². The highest BCUT2D eigenvalue weighted by atomic mass is 32.1. The highest BCUT2D eigenvalue weighted by molar-refractivity contribution is 7.14. The van der Waals surface area contributed by atoms with Gasteiger partial charge in [-0.15, -0.1) is 11.3 Å². The monoisotopic (exact) mass is 395 g/mol. The first kappa shape index (κ1) is 19.2. The van der Waals surface area contributed by atoms with E-state index in [-0.39, 0.29) is 11.3 Å². The minimum Gasteiger partial charge on any atom is -0.345 e. The van der Waals surface area contributed by atoms with Gasteiger partial charge in [-0.25, -0.2) is 4.98 Å². The van der Waals surface area contributed by atoms with Gasteiger partial charge in [0, 0.05) is 37.1 Å². The summed E-state index contributed by atoms with van der Waals surface area (Å²) < 4.78 is 0. The normalized spacial score (nSPS) is 23.4. The predicted octanol–water partition coefficient (Wildman–Crippen LogP) is 4.70. The van der Waals surface area contributed by atoms with Crippen LogP contribution in [0.3, 0.4) is 0 Å². The number of aromatic nitrogens is 1. The lowest BCUT2D eigenvalue weighted by Gasteiger charge is -2.35. The van der Waals surface area contributed by atoms with E-state index in [4.69, 9.17) is 4.98 Å². The van der Waals surface area contributed by atoms with Gasteiger partial charge in [-0.3, -0.25) is 4.79 Å². The van der Waals surface area contributed by atoms with E-state index in [1.54, 1.807) is 11.3 Å². The van der Waals surface area contributed by atoms with E-state index in [9.17, 15) is 4.79 Å². The predicted molar refractivity (Wildman–Crippen MR) is 117 cm³/mol. The number of carbonyl (C=O) groups is 1. The summed E-state index contributed by atoms with van der Waals surface area (Å²) in [7, 11) is 0. The maximum absolute atomic E-state index is 13.1. The zero-order valence-corrected chi connectivity index (χ0v) is 18.0. The van der Waals surface area contributed by atoms with Crippen molar-refractivity contribution < 1.29 is 4.79 Å². The molecule has 28 heavy (non-hydrogen) atoms. The Kier molecular flexibility index (Phi) is 5.04. The Bertz CT molecular complexity index is 874. The Balaban J connectivity index is 1.37. The Morgan fingerprint density at radius 1 is 1.14 bits per heavy atom. The number of hydrogen-bond acceptors (Lipinski definition) is 4. The fourth-order valence-electron chi connectivity index (χ4n) is 4.29. The topological polar surface area (TPSA) is 36.4 Å². The molecular weight excluding hydrogens is 366 g/mol. The van der Waals surface area contributed by atoms with Gasteiger partial charge in [-0.05, 0) is 25.2 Å². The number of amides is 1. The van der Waals surface area contributed by atoms with Crippen molar-refractivity contribution in [3.8, 4) is 11.3 Å². The van der Waals surface area contributed by atoms with Crippen LogP contribution in [0, 0.1) is 17.3 Å². The molecule has 0 N–H and O–H groups in total. The van der Waals surface area contributed by atoms with Gasteiger partial charge in [0.1, 0.15) is 0 Å². The number of allylic oxidation sites excluding steroid dienone is 2. The fraction of sp³-hybridized carbons (Fsp3) is 0.478. The summed E-state index contributed by atoms with van der Waals surface area (Å²) in [6, 6.07) is 10.3. The van der Waals surface area contributed by atoms with E-state index in [1.165, 1.54) is 5.57 Å². The van der Waals surface area contributed by atoms with Gasteiger partial charge in [0.25, 0.3) is 0 Å². The quantitative estimate of drug-likeness (QED) is 0.704. The van der Waals surface area contributed by atoms with E-state index in [0.29, 0.717) is 11.8 Å². The minimum atomic E-state index is 0.0887. The molecule has 2 aromatic rings. The van der Waals surface area contributed by atoms with Gasteiger partial charge in [-0.2, -0.15) is 0 Å². The third-order valence-electron chi connectivity index (χ3n) is 6.11. The molecule has 0 unspecified atom stereocenters. The smallest absolute Gasteiger partial charge is 0.226 e. The molecule has 4 nitrogen and oxygen atoms in total. The lowest BCUT2D eigenvalue weighted by Crippen LogP contribution is -2.49. The van der Waals surface area contributed by atoms with Gasteiger partial charge in [0.2, 0.25) is 5.91 Å². The molecule has 0 radical (unpaired) electrons. The molecule has 2 atom stereocenters. The van der Waals surface area contributed by atoms with Crippen molar-refractivity contribution in [1.82, 2.24) is 9.88 Å².